The lowest BCUT2D eigenvalue weighted by Gasteiger charge is -2.33. The molecule has 0 aromatic carbocycles. The van der Waals surface area contributed by atoms with Gasteiger partial charge in [0.15, 0.2) is 0 Å². The molecule has 2 aliphatic heterocycles. The van der Waals surface area contributed by atoms with Crippen molar-refractivity contribution in [2.45, 2.75) is 37.9 Å². The normalized spacial score (nSPS) is 18.9. The van der Waals surface area contributed by atoms with Crippen molar-refractivity contribution in [3.63, 3.8) is 0 Å². The van der Waals surface area contributed by atoms with E-state index in [-0.39, 0.29) is 40.2 Å². The largest absolute Gasteiger partial charge is 0.417 e. The average Bonchev–Trinajstić information content (AvgIpc) is 3.57. The van der Waals surface area contributed by atoms with Crippen molar-refractivity contribution in [3.8, 4) is 17.3 Å². The van der Waals surface area contributed by atoms with Gasteiger partial charge in [-0.1, -0.05) is 0 Å². The van der Waals surface area contributed by atoms with E-state index in [1.54, 1.807) is 0 Å². The third-order valence-electron chi connectivity index (χ3n) is 6.86. The Hall–Kier alpha value is -3.72. The minimum Gasteiger partial charge on any atom is -0.354 e. The van der Waals surface area contributed by atoms with Crippen molar-refractivity contribution in [2.75, 3.05) is 31.5 Å². The summed E-state index contributed by atoms with van der Waals surface area (Å²) in [6, 6.07) is 2.96. The Morgan fingerprint density at radius 1 is 1.22 bits per heavy atom. The van der Waals surface area contributed by atoms with Crippen molar-refractivity contribution in [2.24, 2.45) is 5.92 Å². The zero-order valence-corrected chi connectivity index (χ0v) is 19.4. The van der Waals surface area contributed by atoms with E-state index in [1.165, 1.54) is 12.4 Å². The fraction of sp³-hybridized carbons (Fsp3) is 0.458. The molecule has 2 aliphatic rings. The van der Waals surface area contributed by atoms with Crippen LogP contribution in [0.2, 0.25) is 0 Å². The number of alkyl halides is 3. The first-order chi connectivity index (χ1) is 17.3. The van der Waals surface area contributed by atoms with Gasteiger partial charge < -0.3 is 20.5 Å². The van der Waals surface area contributed by atoms with Gasteiger partial charge >= 0.3 is 6.18 Å². The first kappa shape index (κ1) is 24.0. The molecule has 3 aromatic heterocycles. The number of nitriles is 1. The van der Waals surface area contributed by atoms with Crippen molar-refractivity contribution >= 4 is 22.9 Å². The Bertz CT molecular complexity index is 1300. The summed E-state index contributed by atoms with van der Waals surface area (Å²) in [6.07, 6.45) is 2.71. The number of aromatic amines is 1. The van der Waals surface area contributed by atoms with Gasteiger partial charge in [0.25, 0.3) is 0 Å². The second-order valence-corrected chi connectivity index (χ2v) is 9.19. The van der Waals surface area contributed by atoms with Gasteiger partial charge in [-0.05, 0) is 44.2 Å². The fourth-order valence-corrected chi connectivity index (χ4v) is 4.82. The van der Waals surface area contributed by atoms with Crippen LogP contribution in [0.1, 0.15) is 36.8 Å². The van der Waals surface area contributed by atoms with Crippen LogP contribution in [0.25, 0.3) is 22.3 Å². The van der Waals surface area contributed by atoms with Crippen molar-refractivity contribution in [1.29, 1.82) is 5.26 Å². The number of rotatable bonds is 5. The Balaban J connectivity index is 1.29. The van der Waals surface area contributed by atoms with E-state index >= 15 is 0 Å². The Morgan fingerprint density at radius 2 is 2.03 bits per heavy atom. The number of pyridine rings is 1. The molecular weight excluding hydrogens is 473 g/mol. The lowest BCUT2D eigenvalue weighted by Crippen LogP contribution is -2.47. The molecule has 0 bridgehead atoms. The third kappa shape index (κ3) is 4.83. The first-order valence-corrected chi connectivity index (χ1v) is 11.9. The summed E-state index contributed by atoms with van der Waals surface area (Å²) >= 11 is 0. The number of nitrogens with zero attached hydrogens (tertiary/aromatic N) is 5. The number of piperidine rings is 1. The third-order valence-corrected chi connectivity index (χ3v) is 6.86. The highest BCUT2D eigenvalue weighted by Crippen LogP contribution is 2.34. The Labute approximate surface area is 205 Å². The zero-order chi connectivity index (χ0) is 25.3. The molecule has 188 valence electrons. The highest BCUT2D eigenvalue weighted by atomic mass is 19.4. The number of hydrogen-bond donors (Lipinski definition) is 3. The smallest absolute Gasteiger partial charge is 0.354 e. The standard InChI is InChI=1S/C24H25F3N8O/c25-24(26,27)16-8-17-18(13-31-21(17)30-12-16)20-15(9-28)11-33-23(34-20)32-10-14-3-6-35(7-4-14)22(36)19-2-1-5-29-19/h8,11-14,19,29H,1-7,10H2,(H,30,31)(H,32,33,34). The fourth-order valence-electron chi connectivity index (χ4n) is 4.82. The van der Waals surface area contributed by atoms with Crippen molar-refractivity contribution < 1.29 is 18.0 Å². The van der Waals surface area contributed by atoms with Gasteiger partial charge in [-0.2, -0.15) is 18.4 Å². The van der Waals surface area contributed by atoms with Crippen LogP contribution in [0, 0.1) is 17.2 Å². The highest BCUT2D eigenvalue weighted by molar-refractivity contribution is 5.94. The van der Waals surface area contributed by atoms with Gasteiger partial charge in [-0.3, -0.25) is 4.79 Å². The number of fused-ring (bicyclic) bond motifs is 1. The number of amides is 1. The van der Waals surface area contributed by atoms with Gasteiger partial charge in [0.2, 0.25) is 11.9 Å². The molecule has 1 unspecified atom stereocenters. The van der Waals surface area contributed by atoms with E-state index in [0.29, 0.717) is 31.1 Å². The SMILES string of the molecule is N#Cc1cnc(NCC2CCN(C(=O)C3CCCN3)CC2)nc1-c1c[nH]c2ncc(C(F)(F)F)cc12. The van der Waals surface area contributed by atoms with Crippen LogP contribution in [0.5, 0.6) is 0 Å². The second-order valence-electron chi connectivity index (χ2n) is 9.19. The minimum atomic E-state index is -4.54. The number of likely N-dealkylation sites (tertiary alicyclic amines) is 1. The van der Waals surface area contributed by atoms with E-state index < -0.39 is 11.7 Å². The molecule has 36 heavy (non-hydrogen) atoms. The summed E-state index contributed by atoms with van der Waals surface area (Å²) in [7, 11) is 0. The van der Waals surface area contributed by atoms with E-state index in [9.17, 15) is 23.2 Å². The summed E-state index contributed by atoms with van der Waals surface area (Å²) in [4.78, 5) is 29.9. The van der Waals surface area contributed by atoms with E-state index in [2.05, 4.69) is 30.6 Å². The molecule has 12 heteroatoms. The highest BCUT2D eigenvalue weighted by Gasteiger charge is 2.32. The lowest BCUT2D eigenvalue weighted by molar-refractivity contribution is -0.137. The number of anilines is 1. The van der Waals surface area contributed by atoms with Crippen LogP contribution in [0.4, 0.5) is 19.1 Å². The van der Waals surface area contributed by atoms with Crippen LogP contribution in [-0.2, 0) is 11.0 Å². The molecule has 3 aromatic rings. The molecule has 0 spiro atoms. The maximum atomic E-state index is 13.2. The van der Waals surface area contributed by atoms with Crippen LogP contribution < -0.4 is 10.6 Å². The summed E-state index contributed by atoms with van der Waals surface area (Å²) in [5.74, 6) is 0.785. The summed E-state index contributed by atoms with van der Waals surface area (Å²) < 4.78 is 39.7. The van der Waals surface area contributed by atoms with Gasteiger partial charge in [-0.15, -0.1) is 0 Å². The number of halogens is 3. The van der Waals surface area contributed by atoms with Crippen LogP contribution in [0.3, 0.4) is 0 Å². The van der Waals surface area contributed by atoms with E-state index in [4.69, 9.17) is 0 Å². The molecular formula is C24H25F3N8O. The molecule has 0 aliphatic carbocycles. The summed E-state index contributed by atoms with van der Waals surface area (Å²) in [5.41, 5.74) is 0.107. The van der Waals surface area contributed by atoms with E-state index in [0.717, 1.165) is 44.5 Å². The van der Waals surface area contributed by atoms with Crippen LogP contribution in [0.15, 0.2) is 24.7 Å². The summed E-state index contributed by atoms with van der Waals surface area (Å²) in [5, 5.41) is 16.2. The van der Waals surface area contributed by atoms with Crippen molar-refractivity contribution in [3.05, 3.63) is 35.8 Å². The lowest BCUT2D eigenvalue weighted by atomic mass is 9.96. The van der Waals surface area contributed by atoms with Crippen molar-refractivity contribution in [1.82, 2.24) is 30.2 Å². The van der Waals surface area contributed by atoms with E-state index in [1.807, 2.05) is 11.0 Å². The quantitative estimate of drug-likeness (QED) is 0.493. The number of hydrogen-bond acceptors (Lipinski definition) is 7. The van der Waals surface area contributed by atoms with Crippen LogP contribution in [-0.4, -0.2) is 63.0 Å². The molecule has 1 amide bonds. The molecule has 2 fully saturated rings. The predicted octanol–water partition coefficient (Wildman–Crippen LogP) is 3.31. The molecule has 5 heterocycles. The number of carbonyl (C=O) groups excluding carboxylic acids is 1. The number of carbonyl (C=O) groups is 1. The zero-order valence-electron chi connectivity index (χ0n) is 19.4. The Morgan fingerprint density at radius 3 is 2.72 bits per heavy atom. The number of H-pyrrole nitrogens is 1. The van der Waals surface area contributed by atoms with Gasteiger partial charge in [0.1, 0.15) is 11.7 Å². The monoisotopic (exact) mass is 498 g/mol. The molecule has 0 radical (unpaired) electrons. The van der Waals surface area contributed by atoms with Gasteiger partial charge in [-0.25, -0.2) is 15.0 Å². The first-order valence-electron chi connectivity index (χ1n) is 11.9. The molecule has 9 nitrogen and oxygen atoms in total. The maximum absolute atomic E-state index is 13.2. The molecule has 3 N–H and O–H groups in total. The maximum Gasteiger partial charge on any atom is 0.417 e. The van der Waals surface area contributed by atoms with Gasteiger partial charge in [0.05, 0.1) is 29.1 Å². The topological polar surface area (TPSA) is 123 Å². The molecule has 5 rings (SSSR count). The molecule has 1 atom stereocenters. The molecule has 2 saturated heterocycles. The van der Waals surface area contributed by atoms with Gasteiger partial charge in [0, 0.05) is 43.0 Å². The molecule has 0 saturated carbocycles. The average molecular weight is 499 g/mol. The van der Waals surface area contributed by atoms with Crippen LogP contribution >= 0.6 is 0 Å². The number of aromatic nitrogens is 4. The second kappa shape index (κ2) is 9.73. The minimum absolute atomic E-state index is 0.0583. The summed E-state index contributed by atoms with van der Waals surface area (Å²) in [6.45, 7) is 2.88. The predicted molar refractivity (Wildman–Crippen MR) is 126 cm³/mol. The Kier molecular flexibility index (Phi) is 6.49. The number of nitrogens with one attached hydrogen (secondary N) is 3.